The number of hydrogen-bond donors (Lipinski definition) is 0. The van der Waals surface area contributed by atoms with E-state index in [0.29, 0.717) is 13.0 Å². The van der Waals surface area contributed by atoms with Crippen molar-refractivity contribution in [2.75, 3.05) is 6.61 Å². The van der Waals surface area contributed by atoms with Gasteiger partial charge in [-0.2, -0.15) is 0 Å². The molecule has 0 bridgehead atoms. The summed E-state index contributed by atoms with van der Waals surface area (Å²) in [5.41, 5.74) is 0.103. The fourth-order valence-electron chi connectivity index (χ4n) is 4.89. The van der Waals surface area contributed by atoms with Gasteiger partial charge < -0.3 is 9.22 Å². The summed E-state index contributed by atoms with van der Waals surface area (Å²) < 4.78 is 20.8. The maximum atomic E-state index is 13.8. The van der Waals surface area contributed by atoms with E-state index in [-0.39, 0.29) is 16.8 Å². The van der Waals surface area contributed by atoms with E-state index in [1.54, 1.807) is 6.07 Å². The van der Waals surface area contributed by atoms with Crippen molar-refractivity contribution in [1.82, 2.24) is 0 Å². The summed E-state index contributed by atoms with van der Waals surface area (Å²) in [6, 6.07) is 27.4. The number of aldehydes is 1. The Morgan fingerprint density at radius 2 is 1.55 bits per heavy atom. The lowest BCUT2D eigenvalue weighted by atomic mass is 9.95. The van der Waals surface area contributed by atoms with Gasteiger partial charge >= 0.3 is 0 Å². The molecule has 0 unspecified atom stereocenters. The SMILES string of the molecule is CC(C)(C)[Si](OC[C@H]1C[C@]1(C=O)c1cccc(F)c1)(c1ccccc1)c1ccccc1. The maximum Gasteiger partial charge on any atom is 0.261 e. The molecule has 0 amide bonds. The Labute approximate surface area is 185 Å². The van der Waals surface area contributed by atoms with Crippen molar-refractivity contribution in [2.24, 2.45) is 5.92 Å². The van der Waals surface area contributed by atoms with Gasteiger partial charge in [0.05, 0.1) is 5.41 Å². The standard InChI is InChI=1S/C27H29FO2Si/c1-26(2,3)31(24-13-6-4-7-14-24,25-15-8-5-9-16-25)30-19-22-18-27(22,20-29)21-11-10-12-23(28)17-21/h4-17,20,22H,18-19H2,1-3H3/t22-,27+/m1/s1. The molecule has 0 spiro atoms. The molecule has 1 fully saturated rings. The van der Waals surface area contributed by atoms with Gasteiger partial charge in [0.1, 0.15) is 12.1 Å². The largest absolute Gasteiger partial charge is 0.407 e. The minimum atomic E-state index is -2.65. The number of rotatable bonds is 7. The molecular weight excluding hydrogens is 403 g/mol. The highest BCUT2D eigenvalue weighted by molar-refractivity contribution is 6.99. The minimum Gasteiger partial charge on any atom is -0.407 e. The molecule has 0 N–H and O–H groups in total. The molecule has 1 aliphatic carbocycles. The van der Waals surface area contributed by atoms with Crippen LogP contribution in [0.15, 0.2) is 84.9 Å². The van der Waals surface area contributed by atoms with Crippen LogP contribution in [0, 0.1) is 11.7 Å². The van der Waals surface area contributed by atoms with Gasteiger partial charge in [0.2, 0.25) is 0 Å². The van der Waals surface area contributed by atoms with Gasteiger partial charge in [0.15, 0.2) is 0 Å². The van der Waals surface area contributed by atoms with Crippen LogP contribution in [0.3, 0.4) is 0 Å². The predicted molar refractivity (Wildman–Crippen MR) is 126 cm³/mol. The lowest BCUT2D eigenvalue weighted by Gasteiger charge is -2.43. The molecule has 0 aromatic heterocycles. The molecule has 3 aromatic carbocycles. The molecule has 4 rings (SSSR count). The molecule has 4 heteroatoms. The first-order valence-corrected chi connectivity index (χ1v) is 12.7. The van der Waals surface area contributed by atoms with Crippen LogP contribution in [-0.4, -0.2) is 21.2 Å². The van der Waals surface area contributed by atoms with Crippen LogP contribution >= 0.6 is 0 Å². The zero-order chi connectivity index (χ0) is 22.1. The molecule has 31 heavy (non-hydrogen) atoms. The molecule has 3 aromatic rings. The van der Waals surface area contributed by atoms with E-state index in [1.165, 1.54) is 22.5 Å². The quantitative estimate of drug-likeness (QED) is 0.394. The molecule has 2 nitrogen and oxygen atoms in total. The Balaban J connectivity index is 1.71. The summed E-state index contributed by atoms with van der Waals surface area (Å²) in [6.07, 6.45) is 1.68. The normalized spacial score (nSPS) is 21.0. The highest BCUT2D eigenvalue weighted by Gasteiger charge is 2.58. The van der Waals surface area contributed by atoms with Crippen LogP contribution in [0.25, 0.3) is 0 Å². The number of benzene rings is 3. The molecule has 1 saturated carbocycles. The van der Waals surface area contributed by atoms with Crippen molar-refractivity contribution in [2.45, 2.75) is 37.6 Å². The van der Waals surface area contributed by atoms with Crippen molar-refractivity contribution in [3.63, 3.8) is 0 Å². The summed E-state index contributed by atoms with van der Waals surface area (Å²) in [4.78, 5) is 12.1. The third-order valence-electron chi connectivity index (χ3n) is 6.64. The van der Waals surface area contributed by atoms with Gasteiger partial charge in [-0.05, 0) is 45.4 Å². The van der Waals surface area contributed by atoms with Gasteiger partial charge in [0, 0.05) is 6.61 Å². The maximum absolute atomic E-state index is 13.8. The summed E-state index contributed by atoms with van der Waals surface area (Å²) in [5, 5.41) is 2.32. The zero-order valence-corrected chi connectivity index (χ0v) is 19.3. The van der Waals surface area contributed by atoms with Crippen LogP contribution in [-0.2, 0) is 14.6 Å². The average Bonchev–Trinajstić information content (AvgIpc) is 3.49. The second-order valence-corrected chi connectivity index (χ2v) is 13.8. The number of halogens is 1. The third-order valence-corrected chi connectivity index (χ3v) is 11.6. The Kier molecular flexibility index (Phi) is 5.71. The summed E-state index contributed by atoms with van der Waals surface area (Å²) in [7, 11) is -2.65. The van der Waals surface area contributed by atoms with Gasteiger partial charge in [-0.3, -0.25) is 0 Å². The first-order chi connectivity index (χ1) is 14.8. The van der Waals surface area contributed by atoms with Crippen molar-refractivity contribution in [3.05, 3.63) is 96.3 Å². The van der Waals surface area contributed by atoms with E-state index in [1.807, 2.05) is 18.2 Å². The van der Waals surface area contributed by atoms with Crippen molar-refractivity contribution < 1.29 is 13.6 Å². The monoisotopic (exact) mass is 432 g/mol. The predicted octanol–water partition coefficient (Wildman–Crippen LogP) is 4.86. The lowest BCUT2D eigenvalue weighted by molar-refractivity contribution is -0.110. The van der Waals surface area contributed by atoms with Crippen LogP contribution < -0.4 is 10.4 Å². The Morgan fingerprint density at radius 1 is 0.968 bits per heavy atom. The Hall–Kier alpha value is -2.56. The summed E-state index contributed by atoms with van der Waals surface area (Å²) in [6.45, 7) is 7.20. The number of carbonyl (C=O) groups excluding carboxylic acids is 1. The molecular formula is C27H29FO2Si. The first-order valence-electron chi connectivity index (χ1n) is 10.8. The molecule has 160 valence electrons. The van der Waals surface area contributed by atoms with E-state index in [9.17, 15) is 9.18 Å². The summed E-state index contributed by atoms with van der Waals surface area (Å²) in [5.74, 6) is -0.259. The van der Waals surface area contributed by atoms with Crippen LogP contribution in [0.2, 0.25) is 5.04 Å². The van der Waals surface area contributed by atoms with Gasteiger partial charge in [0.25, 0.3) is 8.32 Å². The van der Waals surface area contributed by atoms with E-state index in [2.05, 4.69) is 69.3 Å². The smallest absolute Gasteiger partial charge is 0.261 e. The molecule has 0 heterocycles. The van der Waals surface area contributed by atoms with E-state index in [4.69, 9.17) is 4.43 Å². The van der Waals surface area contributed by atoms with Crippen LogP contribution in [0.1, 0.15) is 32.8 Å². The molecule has 2 atom stereocenters. The zero-order valence-electron chi connectivity index (χ0n) is 18.3. The van der Waals surface area contributed by atoms with Crippen LogP contribution in [0.4, 0.5) is 4.39 Å². The highest BCUT2D eigenvalue weighted by Crippen LogP contribution is 2.53. The van der Waals surface area contributed by atoms with Gasteiger partial charge in [-0.25, -0.2) is 4.39 Å². The van der Waals surface area contributed by atoms with Crippen molar-refractivity contribution in [3.8, 4) is 0 Å². The number of hydrogen-bond acceptors (Lipinski definition) is 2. The third kappa shape index (κ3) is 3.79. The molecule has 1 aliphatic rings. The lowest BCUT2D eigenvalue weighted by Crippen LogP contribution is -2.66. The van der Waals surface area contributed by atoms with E-state index >= 15 is 0 Å². The first kappa shape index (κ1) is 21.7. The molecule has 0 saturated heterocycles. The molecule has 0 radical (unpaired) electrons. The number of carbonyl (C=O) groups is 1. The topological polar surface area (TPSA) is 26.3 Å². The van der Waals surface area contributed by atoms with E-state index in [0.717, 1.165) is 11.8 Å². The van der Waals surface area contributed by atoms with Gasteiger partial charge in [-0.1, -0.05) is 93.6 Å². The van der Waals surface area contributed by atoms with Crippen molar-refractivity contribution >= 4 is 25.0 Å². The fraction of sp³-hybridized carbons (Fsp3) is 0.296. The Morgan fingerprint density at radius 3 is 2.03 bits per heavy atom. The van der Waals surface area contributed by atoms with Crippen LogP contribution in [0.5, 0.6) is 0 Å². The highest BCUT2D eigenvalue weighted by atomic mass is 28.4. The second-order valence-electron chi connectivity index (χ2n) is 9.54. The average molecular weight is 433 g/mol. The van der Waals surface area contributed by atoms with Crippen molar-refractivity contribution in [1.29, 1.82) is 0 Å². The molecule has 0 aliphatic heterocycles. The second kappa shape index (κ2) is 8.17. The van der Waals surface area contributed by atoms with E-state index < -0.39 is 13.7 Å². The van der Waals surface area contributed by atoms with Gasteiger partial charge in [-0.15, -0.1) is 0 Å². The minimum absolute atomic E-state index is 0.0495. The summed E-state index contributed by atoms with van der Waals surface area (Å²) >= 11 is 0. The Bertz CT molecular complexity index is 1010. The fourth-order valence-corrected chi connectivity index (χ4v) is 9.49.